The molecule has 2 heterocycles. The van der Waals surface area contributed by atoms with Gasteiger partial charge in [0.15, 0.2) is 0 Å². The minimum atomic E-state index is 0.750. The average molecular weight is 281 g/mol. The zero-order chi connectivity index (χ0) is 13.5. The molecule has 1 aliphatic heterocycles. The van der Waals surface area contributed by atoms with Crippen molar-refractivity contribution in [1.82, 2.24) is 15.1 Å². The minimum absolute atomic E-state index is 0.750. The van der Waals surface area contributed by atoms with E-state index in [0.717, 1.165) is 25.6 Å². The van der Waals surface area contributed by atoms with Gasteiger partial charge in [-0.15, -0.1) is 0 Å². The molecule has 3 nitrogen and oxygen atoms in total. The predicted octanol–water partition coefficient (Wildman–Crippen LogP) is 1.91. The van der Waals surface area contributed by atoms with E-state index in [1.165, 1.54) is 38.2 Å². The van der Waals surface area contributed by atoms with Crippen molar-refractivity contribution in [1.29, 1.82) is 0 Å². The third-order valence-corrected chi connectivity index (χ3v) is 4.84. The normalized spacial score (nSPS) is 21.9. The van der Waals surface area contributed by atoms with Crippen LogP contribution in [0, 0.1) is 0 Å². The molecule has 0 radical (unpaired) electrons. The van der Waals surface area contributed by atoms with Gasteiger partial charge in [0.1, 0.15) is 0 Å². The van der Waals surface area contributed by atoms with Crippen LogP contribution < -0.4 is 5.32 Å². The molecule has 0 amide bonds. The molecule has 1 saturated heterocycles. The van der Waals surface area contributed by atoms with E-state index in [4.69, 9.17) is 0 Å². The van der Waals surface area contributed by atoms with Crippen LogP contribution in [0.3, 0.4) is 0 Å². The number of hydrogen-bond donors (Lipinski definition) is 1. The monoisotopic (exact) mass is 281 g/mol. The van der Waals surface area contributed by atoms with E-state index in [1.807, 2.05) is 0 Å². The Morgan fingerprint density at radius 2 is 2.26 bits per heavy atom. The zero-order valence-corrected chi connectivity index (χ0v) is 13.1. The summed E-state index contributed by atoms with van der Waals surface area (Å²) in [6.45, 7) is 9.37. The largest absolute Gasteiger partial charge is 0.315 e. The highest BCUT2D eigenvalue weighted by Crippen LogP contribution is 2.10. The first-order chi connectivity index (χ1) is 9.29. The molecule has 1 N–H and O–H groups in total. The van der Waals surface area contributed by atoms with E-state index in [-0.39, 0.29) is 0 Å². The number of likely N-dealkylation sites (N-methyl/N-ethyl adjacent to an activating group) is 1. The maximum atomic E-state index is 3.56. The Hall–Kier alpha value is -0.420. The first kappa shape index (κ1) is 15.0. The molecular formula is C15H27N3S. The van der Waals surface area contributed by atoms with Crippen molar-refractivity contribution in [3.63, 3.8) is 0 Å². The Kier molecular flexibility index (Phi) is 6.31. The van der Waals surface area contributed by atoms with Gasteiger partial charge in [-0.25, -0.2) is 0 Å². The molecule has 1 atom stereocenters. The maximum Gasteiger partial charge on any atom is 0.0218 e. The van der Waals surface area contributed by atoms with Crippen LogP contribution in [0.1, 0.15) is 18.9 Å². The number of hydrogen-bond acceptors (Lipinski definition) is 4. The van der Waals surface area contributed by atoms with Gasteiger partial charge < -0.3 is 10.2 Å². The summed E-state index contributed by atoms with van der Waals surface area (Å²) in [6.07, 6.45) is 2.42. The molecule has 1 unspecified atom stereocenters. The smallest absolute Gasteiger partial charge is 0.0218 e. The van der Waals surface area contributed by atoms with Crippen LogP contribution in [-0.4, -0.2) is 62.2 Å². The van der Waals surface area contributed by atoms with Crippen molar-refractivity contribution in [3.05, 3.63) is 22.4 Å². The van der Waals surface area contributed by atoms with E-state index in [2.05, 4.69) is 45.9 Å². The van der Waals surface area contributed by atoms with Crippen molar-refractivity contribution >= 4 is 11.3 Å². The second-order valence-electron chi connectivity index (χ2n) is 5.47. The number of nitrogens with one attached hydrogen (secondary N) is 1. The fraction of sp³-hybridized carbons (Fsp3) is 0.733. The molecular weight excluding hydrogens is 254 g/mol. The van der Waals surface area contributed by atoms with E-state index in [0.29, 0.717) is 0 Å². The first-order valence-electron chi connectivity index (χ1n) is 7.44. The van der Waals surface area contributed by atoms with Gasteiger partial charge >= 0.3 is 0 Å². The summed E-state index contributed by atoms with van der Waals surface area (Å²) in [5.41, 5.74) is 1.46. The SMILES string of the molecule is CCC1CN(CCNCCc2ccsc2)CCN1C. The first-order valence-corrected chi connectivity index (χ1v) is 8.38. The second-order valence-corrected chi connectivity index (χ2v) is 6.25. The van der Waals surface area contributed by atoms with Gasteiger partial charge in [0.05, 0.1) is 0 Å². The molecule has 108 valence electrons. The van der Waals surface area contributed by atoms with Crippen molar-refractivity contribution < 1.29 is 0 Å². The van der Waals surface area contributed by atoms with Crippen molar-refractivity contribution in [2.75, 3.05) is 46.3 Å². The molecule has 0 bridgehead atoms. The van der Waals surface area contributed by atoms with Gasteiger partial charge in [0.2, 0.25) is 0 Å². The summed E-state index contributed by atoms with van der Waals surface area (Å²) < 4.78 is 0. The topological polar surface area (TPSA) is 18.5 Å². The second kappa shape index (κ2) is 8.00. The summed E-state index contributed by atoms with van der Waals surface area (Å²) in [4.78, 5) is 5.10. The van der Waals surface area contributed by atoms with E-state index >= 15 is 0 Å². The summed E-state index contributed by atoms with van der Waals surface area (Å²) in [5, 5.41) is 7.97. The number of rotatable bonds is 7. The fourth-order valence-electron chi connectivity index (χ4n) is 2.68. The van der Waals surface area contributed by atoms with Crippen LogP contribution in [0.25, 0.3) is 0 Å². The van der Waals surface area contributed by atoms with Gasteiger partial charge in [0, 0.05) is 38.8 Å². The molecule has 1 fully saturated rings. The molecule has 1 aliphatic rings. The molecule has 1 aromatic rings. The Morgan fingerprint density at radius 3 is 3.00 bits per heavy atom. The summed E-state index contributed by atoms with van der Waals surface area (Å²) >= 11 is 1.79. The Labute approximate surface area is 121 Å². The van der Waals surface area contributed by atoms with Crippen molar-refractivity contribution in [3.8, 4) is 0 Å². The van der Waals surface area contributed by atoms with Crippen molar-refractivity contribution in [2.45, 2.75) is 25.8 Å². The number of nitrogens with zero attached hydrogens (tertiary/aromatic N) is 2. The number of thiophene rings is 1. The third-order valence-electron chi connectivity index (χ3n) is 4.11. The highest BCUT2D eigenvalue weighted by molar-refractivity contribution is 7.07. The van der Waals surface area contributed by atoms with Gasteiger partial charge in [0.25, 0.3) is 0 Å². The van der Waals surface area contributed by atoms with Crippen LogP contribution >= 0.6 is 11.3 Å². The van der Waals surface area contributed by atoms with E-state index in [9.17, 15) is 0 Å². The van der Waals surface area contributed by atoms with Gasteiger partial charge in [-0.05, 0) is 48.8 Å². The molecule has 19 heavy (non-hydrogen) atoms. The molecule has 4 heteroatoms. The Bertz CT molecular complexity index is 339. The van der Waals surface area contributed by atoms with Crippen molar-refractivity contribution in [2.24, 2.45) is 0 Å². The molecule has 0 aliphatic carbocycles. The quantitative estimate of drug-likeness (QED) is 0.770. The fourth-order valence-corrected chi connectivity index (χ4v) is 3.39. The van der Waals surface area contributed by atoms with Crippen LogP contribution in [-0.2, 0) is 6.42 Å². The number of piperazine rings is 1. The van der Waals surface area contributed by atoms with Gasteiger partial charge in [-0.2, -0.15) is 11.3 Å². The van der Waals surface area contributed by atoms with Gasteiger partial charge in [-0.3, -0.25) is 4.90 Å². The van der Waals surface area contributed by atoms with Crippen LogP contribution in [0.4, 0.5) is 0 Å². The highest BCUT2D eigenvalue weighted by Gasteiger charge is 2.21. The van der Waals surface area contributed by atoms with Crippen LogP contribution in [0.15, 0.2) is 16.8 Å². The standard InChI is InChI=1S/C15H27N3S/c1-3-15-12-18(10-9-17(15)2)8-7-16-6-4-14-5-11-19-13-14/h5,11,13,15-16H,3-4,6-10,12H2,1-2H3. The molecule has 2 rings (SSSR count). The maximum absolute atomic E-state index is 3.56. The lowest BCUT2D eigenvalue weighted by Gasteiger charge is -2.39. The van der Waals surface area contributed by atoms with Crippen LogP contribution in [0.2, 0.25) is 0 Å². The minimum Gasteiger partial charge on any atom is -0.315 e. The zero-order valence-electron chi connectivity index (χ0n) is 12.3. The molecule has 0 aromatic carbocycles. The third kappa shape index (κ3) is 4.88. The lowest BCUT2D eigenvalue weighted by Crippen LogP contribution is -2.52. The summed E-state index contributed by atoms with van der Waals surface area (Å²) in [6, 6.07) is 2.97. The highest BCUT2D eigenvalue weighted by atomic mass is 32.1. The van der Waals surface area contributed by atoms with E-state index in [1.54, 1.807) is 11.3 Å². The molecule has 0 saturated carbocycles. The average Bonchev–Trinajstić information content (AvgIpc) is 2.93. The lowest BCUT2D eigenvalue weighted by molar-refractivity contribution is 0.0940. The summed E-state index contributed by atoms with van der Waals surface area (Å²) in [5.74, 6) is 0. The summed E-state index contributed by atoms with van der Waals surface area (Å²) in [7, 11) is 2.25. The Balaban J connectivity index is 1.56. The predicted molar refractivity (Wildman–Crippen MR) is 84.0 cm³/mol. The lowest BCUT2D eigenvalue weighted by atomic mass is 10.1. The molecule has 1 aromatic heterocycles. The molecule has 0 spiro atoms. The Morgan fingerprint density at radius 1 is 1.37 bits per heavy atom. The van der Waals surface area contributed by atoms with E-state index < -0.39 is 0 Å². The van der Waals surface area contributed by atoms with Gasteiger partial charge in [-0.1, -0.05) is 6.92 Å². The van der Waals surface area contributed by atoms with Crippen LogP contribution in [0.5, 0.6) is 0 Å².